The van der Waals surface area contributed by atoms with Gasteiger partial charge in [0.05, 0.1) is 6.10 Å². The molecule has 114 valence electrons. The van der Waals surface area contributed by atoms with E-state index < -0.39 is 5.97 Å². The van der Waals surface area contributed by atoms with Crippen molar-refractivity contribution in [3.8, 4) is 0 Å². The molecule has 1 aromatic carbocycles. The van der Waals surface area contributed by atoms with Crippen LogP contribution in [0.25, 0.3) is 0 Å². The summed E-state index contributed by atoms with van der Waals surface area (Å²) in [4.78, 5) is 12.8. The zero-order valence-corrected chi connectivity index (χ0v) is 12.1. The van der Waals surface area contributed by atoms with Gasteiger partial charge in [-0.05, 0) is 37.0 Å². The van der Waals surface area contributed by atoms with Gasteiger partial charge in [0.1, 0.15) is 5.82 Å². The molecule has 1 saturated heterocycles. The summed E-state index contributed by atoms with van der Waals surface area (Å²) in [5.74, 6) is -0.671. The van der Waals surface area contributed by atoms with Gasteiger partial charge >= 0.3 is 5.97 Å². The van der Waals surface area contributed by atoms with E-state index in [1.807, 2.05) is 6.07 Å². The Labute approximate surface area is 123 Å². The fraction of sp³-hybridized carbons (Fsp3) is 0.562. The number of halogens is 1. The summed E-state index contributed by atoms with van der Waals surface area (Å²) < 4.78 is 19.6. The standard InChI is InChI=1S/C16H20FNO3/c1-21-15-8-13-6-11(15)9-18(13)12-4-2-10(14(17)7-12)3-5-16(19)20/h2,4,7,11,13,15H,3,5-6,8-9H2,1H3,(H,19,20)/t11-,13-,15+/m0/s1. The zero-order chi connectivity index (χ0) is 15.0. The number of anilines is 1. The number of hydrogen-bond acceptors (Lipinski definition) is 3. The first-order valence-corrected chi connectivity index (χ1v) is 7.38. The normalized spacial score (nSPS) is 27.3. The van der Waals surface area contributed by atoms with Crippen LogP contribution in [0.3, 0.4) is 0 Å². The number of aryl methyl sites for hydroxylation is 1. The van der Waals surface area contributed by atoms with E-state index in [1.54, 1.807) is 19.2 Å². The van der Waals surface area contributed by atoms with Crippen molar-refractivity contribution in [2.75, 3.05) is 18.6 Å². The summed E-state index contributed by atoms with van der Waals surface area (Å²) >= 11 is 0. The first kappa shape index (κ1) is 14.3. The summed E-state index contributed by atoms with van der Waals surface area (Å²) in [5.41, 5.74) is 1.37. The highest BCUT2D eigenvalue weighted by atomic mass is 19.1. The molecular formula is C16H20FNO3. The lowest BCUT2D eigenvalue weighted by Crippen LogP contribution is -2.38. The fourth-order valence-corrected chi connectivity index (χ4v) is 3.67. The Hall–Kier alpha value is -1.62. The number of carboxylic acids is 1. The number of rotatable bonds is 5. The van der Waals surface area contributed by atoms with Crippen LogP contribution in [-0.4, -0.2) is 36.9 Å². The minimum atomic E-state index is -0.902. The molecule has 0 amide bonds. The van der Waals surface area contributed by atoms with Crippen LogP contribution < -0.4 is 4.90 Å². The molecule has 1 aliphatic heterocycles. The molecule has 1 heterocycles. The Balaban J connectivity index is 1.70. The highest BCUT2D eigenvalue weighted by molar-refractivity contribution is 5.67. The number of fused-ring (bicyclic) bond motifs is 2. The van der Waals surface area contributed by atoms with Crippen LogP contribution in [0.5, 0.6) is 0 Å². The van der Waals surface area contributed by atoms with Crippen molar-refractivity contribution in [3.05, 3.63) is 29.6 Å². The van der Waals surface area contributed by atoms with Crippen LogP contribution in [0.1, 0.15) is 24.8 Å². The Kier molecular flexibility index (Phi) is 3.85. The average Bonchev–Trinajstić information content (AvgIpc) is 3.05. The van der Waals surface area contributed by atoms with E-state index in [0.717, 1.165) is 25.1 Å². The number of hydrogen-bond donors (Lipinski definition) is 1. The van der Waals surface area contributed by atoms with Crippen LogP contribution in [0.15, 0.2) is 18.2 Å². The number of aliphatic carboxylic acids is 1. The van der Waals surface area contributed by atoms with Crippen LogP contribution in [0.2, 0.25) is 0 Å². The van der Waals surface area contributed by atoms with Gasteiger partial charge in [-0.1, -0.05) is 6.07 Å². The highest BCUT2D eigenvalue weighted by Crippen LogP contribution is 2.41. The van der Waals surface area contributed by atoms with Gasteiger partial charge in [0.2, 0.25) is 0 Å². The fourth-order valence-electron chi connectivity index (χ4n) is 3.67. The number of carboxylic acid groups (broad SMARTS) is 1. The van der Waals surface area contributed by atoms with Gasteiger partial charge in [0.15, 0.2) is 0 Å². The van der Waals surface area contributed by atoms with Gasteiger partial charge in [-0.2, -0.15) is 0 Å². The molecule has 0 radical (unpaired) electrons. The van der Waals surface area contributed by atoms with Gasteiger partial charge in [-0.15, -0.1) is 0 Å². The predicted molar refractivity (Wildman–Crippen MR) is 77.0 cm³/mol. The lowest BCUT2D eigenvalue weighted by molar-refractivity contribution is -0.136. The number of ether oxygens (including phenoxy) is 1. The molecule has 2 fully saturated rings. The first-order valence-electron chi connectivity index (χ1n) is 7.38. The Morgan fingerprint density at radius 1 is 1.48 bits per heavy atom. The first-order chi connectivity index (χ1) is 10.1. The van der Waals surface area contributed by atoms with Crippen LogP contribution >= 0.6 is 0 Å². The SMILES string of the molecule is CO[C@@H]1C[C@@H]2C[C@H]1CN2c1ccc(CCC(=O)O)c(F)c1. The van der Waals surface area contributed by atoms with Gasteiger partial charge in [0.25, 0.3) is 0 Å². The van der Waals surface area contributed by atoms with Gasteiger partial charge in [0, 0.05) is 37.7 Å². The number of benzene rings is 1. The van der Waals surface area contributed by atoms with Crippen molar-refractivity contribution in [3.63, 3.8) is 0 Å². The Bertz CT molecular complexity index is 548. The molecule has 0 spiro atoms. The number of carbonyl (C=O) groups is 1. The van der Waals surface area contributed by atoms with E-state index in [4.69, 9.17) is 9.84 Å². The van der Waals surface area contributed by atoms with Crippen molar-refractivity contribution < 1.29 is 19.0 Å². The van der Waals surface area contributed by atoms with E-state index in [-0.39, 0.29) is 18.7 Å². The summed E-state index contributed by atoms with van der Waals surface area (Å²) in [6.07, 6.45) is 2.65. The number of methoxy groups -OCH3 is 1. The summed E-state index contributed by atoms with van der Waals surface area (Å²) in [6.45, 7) is 0.914. The minimum Gasteiger partial charge on any atom is -0.481 e. The third kappa shape index (κ3) is 2.75. The largest absolute Gasteiger partial charge is 0.481 e. The van der Waals surface area contributed by atoms with Crippen molar-refractivity contribution in [2.45, 2.75) is 37.8 Å². The van der Waals surface area contributed by atoms with Crippen molar-refractivity contribution in [1.82, 2.24) is 0 Å². The van der Waals surface area contributed by atoms with Gasteiger partial charge in [-0.3, -0.25) is 4.79 Å². The second-order valence-electron chi connectivity index (χ2n) is 5.98. The molecule has 1 N–H and O–H groups in total. The molecule has 1 aliphatic carbocycles. The Morgan fingerprint density at radius 3 is 2.86 bits per heavy atom. The van der Waals surface area contributed by atoms with Gasteiger partial charge < -0.3 is 14.7 Å². The summed E-state index contributed by atoms with van der Waals surface area (Å²) in [6, 6.07) is 5.60. The van der Waals surface area contributed by atoms with Crippen LogP contribution in [0.4, 0.5) is 10.1 Å². The molecule has 1 saturated carbocycles. The van der Waals surface area contributed by atoms with E-state index >= 15 is 0 Å². The second-order valence-corrected chi connectivity index (χ2v) is 5.98. The Morgan fingerprint density at radius 2 is 2.29 bits per heavy atom. The average molecular weight is 293 g/mol. The molecule has 5 heteroatoms. The maximum atomic E-state index is 14.1. The third-order valence-electron chi connectivity index (χ3n) is 4.76. The van der Waals surface area contributed by atoms with Crippen molar-refractivity contribution in [2.24, 2.45) is 5.92 Å². The number of piperidine rings is 1. The minimum absolute atomic E-state index is 0.0415. The quantitative estimate of drug-likeness (QED) is 0.906. The van der Waals surface area contributed by atoms with Gasteiger partial charge in [-0.25, -0.2) is 4.39 Å². The molecule has 1 aromatic rings. The van der Waals surface area contributed by atoms with Crippen molar-refractivity contribution >= 4 is 11.7 Å². The predicted octanol–water partition coefficient (Wildman–Crippen LogP) is 2.46. The molecule has 0 unspecified atom stereocenters. The number of nitrogens with zero attached hydrogens (tertiary/aromatic N) is 1. The molecule has 2 bridgehead atoms. The third-order valence-corrected chi connectivity index (χ3v) is 4.76. The topological polar surface area (TPSA) is 49.8 Å². The molecule has 4 nitrogen and oxygen atoms in total. The molecule has 3 atom stereocenters. The van der Waals surface area contributed by atoms with E-state index in [2.05, 4.69) is 4.90 Å². The molecule has 21 heavy (non-hydrogen) atoms. The molecule has 2 aliphatic rings. The molecule has 3 rings (SSSR count). The maximum Gasteiger partial charge on any atom is 0.303 e. The summed E-state index contributed by atoms with van der Waals surface area (Å²) in [5, 5.41) is 8.67. The van der Waals surface area contributed by atoms with E-state index in [0.29, 0.717) is 23.6 Å². The zero-order valence-electron chi connectivity index (χ0n) is 12.1. The van der Waals surface area contributed by atoms with E-state index in [1.165, 1.54) is 0 Å². The van der Waals surface area contributed by atoms with Crippen molar-refractivity contribution in [1.29, 1.82) is 0 Å². The maximum absolute atomic E-state index is 14.1. The van der Waals surface area contributed by atoms with Crippen LogP contribution in [0, 0.1) is 11.7 Å². The second kappa shape index (κ2) is 5.64. The smallest absolute Gasteiger partial charge is 0.303 e. The van der Waals surface area contributed by atoms with E-state index in [9.17, 15) is 9.18 Å². The molecular weight excluding hydrogens is 273 g/mol. The summed E-state index contributed by atoms with van der Waals surface area (Å²) in [7, 11) is 1.76. The monoisotopic (exact) mass is 293 g/mol. The highest BCUT2D eigenvalue weighted by Gasteiger charge is 2.44. The van der Waals surface area contributed by atoms with Crippen LogP contribution in [-0.2, 0) is 16.0 Å². The lowest BCUT2D eigenvalue weighted by atomic mass is 10.0. The molecule has 0 aromatic heterocycles. The lowest BCUT2D eigenvalue weighted by Gasteiger charge is -2.32.